The topological polar surface area (TPSA) is 66.1 Å². The largest absolute Gasteiger partial charge is 0.488 e. The fourth-order valence-corrected chi connectivity index (χ4v) is 2.02. The number of rotatable bonds is 3. The lowest BCUT2D eigenvalue weighted by molar-refractivity contribution is 0.304. The van der Waals surface area contributed by atoms with E-state index in [-0.39, 0.29) is 0 Å². The van der Waals surface area contributed by atoms with Gasteiger partial charge in [-0.05, 0) is 12.1 Å². The van der Waals surface area contributed by atoms with Crippen LogP contribution in [0.1, 0.15) is 5.69 Å². The van der Waals surface area contributed by atoms with E-state index >= 15 is 0 Å². The molecular formula is C12H15N5O. The molecule has 1 aliphatic heterocycles. The van der Waals surface area contributed by atoms with Gasteiger partial charge in [0.2, 0.25) is 0 Å². The van der Waals surface area contributed by atoms with Crippen LogP contribution < -0.4 is 15.0 Å². The average molecular weight is 245 g/mol. The number of ether oxygens (including phenoxy) is 1. The number of pyridine rings is 1. The Labute approximate surface area is 105 Å². The highest BCUT2D eigenvalue weighted by molar-refractivity contribution is 5.58. The van der Waals surface area contributed by atoms with E-state index in [0.717, 1.165) is 36.2 Å². The van der Waals surface area contributed by atoms with Gasteiger partial charge in [-0.15, -0.1) is 0 Å². The maximum absolute atomic E-state index is 5.61. The summed E-state index contributed by atoms with van der Waals surface area (Å²) in [5.74, 6) is 2.55. The quantitative estimate of drug-likeness (QED) is 0.851. The normalized spacial score (nSPS) is 13.9. The molecule has 0 aromatic carbocycles. The standard InChI is InChI=1S/C12H15N5O/c1-13-11-3-2-10-12(16-11)17(4-5-18-10)7-9-6-14-8-15-9/h2-3,6,8H,4-5,7H2,1H3,(H,13,16)(H,14,15). The van der Waals surface area contributed by atoms with Crippen molar-refractivity contribution in [3.8, 4) is 5.75 Å². The highest BCUT2D eigenvalue weighted by Gasteiger charge is 2.20. The molecule has 0 aliphatic carbocycles. The summed E-state index contributed by atoms with van der Waals surface area (Å²) >= 11 is 0. The Kier molecular flexibility index (Phi) is 2.76. The van der Waals surface area contributed by atoms with Gasteiger partial charge in [0.1, 0.15) is 12.4 Å². The van der Waals surface area contributed by atoms with Gasteiger partial charge in [-0.25, -0.2) is 9.97 Å². The van der Waals surface area contributed by atoms with Crippen molar-refractivity contribution in [2.75, 3.05) is 30.4 Å². The Morgan fingerprint density at radius 2 is 2.44 bits per heavy atom. The minimum atomic E-state index is 0.682. The minimum Gasteiger partial charge on any atom is -0.488 e. The SMILES string of the molecule is CNc1ccc2c(n1)N(Cc1cnc[nH]1)CCO2. The summed E-state index contributed by atoms with van der Waals surface area (Å²) < 4.78 is 5.61. The van der Waals surface area contributed by atoms with Crippen LogP contribution in [-0.2, 0) is 6.54 Å². The van der Waals surface area contributed by atoms with E-state index in [2.05, 4.69) is 25.2 Å². The molecule has 2 aromatic heterocycles. The van der Waals surface area contributed by atoms with Gasteiger partial charge < -0.3 is 19.9 Å². The molecule has 0 unspecified atom stereocenters. The number of fused-ring (bicyclic) bond motifs is 1. The van der Waals surface area contributed by atoms with Crippen molar-refractivity contribution in [2.24, 2.45) is 0 Å². The Morgan fingerprint density at radius 1 is 1.50 bits per heavy atom. The first-order valence-corrected chi connectivity index (χ1v) is 5.90. The number of anilines is 2. The fraction of sp³-hybridized carbons (Fsp3) is 0.333. The lowest BCUT2D eigenvalue weighted by Crippen LogP contribution is -2.33. The molecule has 3 rings (SSSR count). The summed E-state index contributed by atoms with van der Waals surface area (Å²) in [5.41, 5.74) is 1.07. The van der Waals surface area contributed by atoms with Crippen LogP contribution in [0.2, 0.25) is 0 Å². The number of aromatic amines is 1. The second-order valence-corrected chi connectivity index (χ2v) is 4.12. The molecule has 1 aliphatic rings. The maximum atomic E-state index is 5.61. The molecule has 0 saturated heterocycles. The highest BCUT2D eigenvalue weighted by atomic mass is 16.5. The van der Waals surface area contributed by atoms with E-state index in [1.54, 1.807) is 6.33 Å². The number of imidazole rings is 1. The predicted octanol–water partition coefficient (Wildman–Crippen LogP) is 1.25. The van der Waals surface area contributed by atoms with Gasteiger partial charge in [-0.3, -0.25) is 0 Å². The monoisotopic (exact) mass is 245 g/mol. The molecule has 0 radical (unpaired) electrons. The van der Waals surface area contributed by atoms with Crippen LogP contribution >= 0.6 is 0 Å². The Hall–Kier alpha value is -2.24. The number of nitrogens with zero attached hydrogens (tertiary/aromatic N) is 3. The number of hydrogen-bond acceptors (Lipinski definition) is 5. The molecule has 0 fully saturated rings. The average Bonchev–Trinajstić information content (AvgIpc) is 2.91. The van der Waals surface area contributed by atoms with Crippen LogP contribution in [0.5, 0.6) is 5.75 Å². The van der Waals surface area contributed by atoms with Crippen molar-refractivity contribution < 1.29 is 4.74 Å². The summed E-state index contributed by atoms with van der Waals surface area (Å²) in [7, 11) is 1.86. The molecule has 6 heteroatoms. The molecule has 0 spiro atoms. The van der Waals surface area contributed by atoms with E-state index in [1.165, 1.54) is 0 Å². The van der Waals surface area contributed by atoms with Crippen LogP contribution in [-0.4, -0.2) is 35.2 Å². The lowest BCUT2D eigenvalue weighted by atomic mass is 10.3. The second-order valence-electron chi connectivity index (χ2n) is 4.12. The van der Waals surface area contributed by atoms with Crippen molar-refractivity contribution in [1.82, 2.24) is 15.0 Å². The zero-order valence-corrected chi connectivity index (χ0v) is 10.2. The Balaban J connectivity index is 1.90. The molecule has 6 nitrogen and oxygen atoms in total. The summed E-state index contributed by atoms with van der Waals surface area (Å²) in [4.78, 5) is 13.9. The maximum Gasteiger partial charge on any atom is 0.174 e. The van der Waals surface area contributed by atoms with E-state index < -0.39 is 0 Å². The van der Waals surface area contributed by atoms with Gasteiger partial charge in [0.05, 0.1) is 25.1 Å². The lowest BCUT2D eigenvalue weighted by Gasteiger charge is -2.29. The van der Waals surface area contributed by atoms with Gasteiger partial charge in [-0.2, -0.15) is 0 Å². The third-order valence-electron chi connectivity index (χ3n) is 2.93. The van der Waals surface area contributed by atoms with Crippen LogP contribution in [0.15, 0.2) is 24.7 Å². The fourth-order valence-electron chi connectivity index (χ4n) is 2.02. The second kappa shape index (κ2) is 4.56. The van der Waals surface area contributed by atoms with Gasteiger partial charge >= 0.3 is 0 Å². The third-order valence-corrected chi connectivity index (χ3v) is 2.93. The van der Waals surface area contributed by atoms with E-state index in [4.69, 9.17) is 4.74 Å². The van der Waals surface area contributed by atoms with Crippen LogP contribution in [0.25, 0.3) is 0 Å². The molecule has 2 N–H and O–H groups in total. The van der Waals surface area contributed by atoms with Gasteiger partial charge in [-0.1, -0.05) is 0 Å². The van der Waals surface area contributed by atoms with Crippen LogP contribution in [0.4, 0.5) is 11.6 Å². The first-order chi connectivity index (χ1) is 8.86. The Morgan fingerprint density at radius 3 is 3.22 bits per heavy atom. The zero-order valence-electron chi connectivity index (χ0n) is 10.2. The predicted molar refractivity (Wildman–Crippen MR) is 68.9 cm³/mol. The molecule has 0 amide bonds. The summed E-state index contributed by atoms with van der Waals surface area (Å²) in [6.07, 6.45) is 3.52. The van der Waals surface area contributed by atoms with E-state index in [1.807, 2.05) is 25.4 Å². The van der Waals surface area contributed by atoms with Crippen LogP contribution in [0, 0.1) is 0 Å². The first-order valence-electron chi connectivity index (χ1n) is 5.90. The van der Waals surface area contributed by atoms with Gasteiger partial charge in [0.15, 0.2) is 11.6 Å². The molecule has 0 atom stereocenters. The summed E-state index contributed by atoms with van der Waals surface area (Å²) in [5, 5.41) is 3.04. The number of H-pyrrole nitrogens is 1. The van der Waals surface area contributed by atoms with Crippen molar-refractivity contribution >= 4 is 11.6 Å². The molecule has 2 aromatic rings. The number of hydrogen-bond donors (Lipinski definition) is 2. The van der Waals surface area contributed by atoms with Crippen molar-refractivity contribution in [3.05, 3.63) is 30.4 Å². The zero-order chi connectivity index (χ0) is 12.4. The van der Waals surface area contributed by atoms with Gasteiger partial charge in [0, 0.05) is 13.2 Å². The summed E-state index contributed by atoms with van der Waals surface area (Å²) in [6.45, 7) is 2.27. The van der Waals surface area contributed by atoms with E-state index in [9.17, 15) is 0 Å². The van der Waals surface area contributed by atoms with Crippen molar-refractivity contribution in [1.29, 1.82) is 0 Å². The molecule has 0 saturated carbocycles. The number of aromatic nitrogens is 3. The molecule has 3 heterocycles. The van der Waals surface area contributed by atoms with E-state index in [0.29, 0.717) is 6.61 Å². The molecular weight excluding hydrogens is 230 g/mol. The molecule has 18 heavy (non-hydrogen) atoms. The minimum absolute atomic E-state index is 0.682. The molecule has 94 valence electrons. The smallest absolute Gasteiger partial charge is 0.174 e. The highest BCUT2D eigenvalue weighted by Crippen LogP contribution is 2.31. The first kappa shape index (κ1) is 10.9. The van der Waals surface area contributed by atoms with Crippen molar-refractivity contribution in [3.63, 3.8) is 0 Å². The number of nitrogens with one attached hydrogen (secondary N) is 2. The van der Waals surface area contributed by atoms with Gasteiger partial charge in [0.25, 0.3) is 0 Å². The van der Waals surface area contributed by atoms with Crippen LogP contribution in [0.3, 0.4) is 0 Å². The van der Waals surface area contributed by atoms with Crippen molar-refractivity contribution in [2.45, 2.75) is 6.54 Å². The Bertz CT molecular complexity index is 525. The summed E-state index contributed by atoms with van der Waals surface area (Å²) in [6, 6.07) is 3.87. The molecule has 0 bridgehead atoms. The third kappa shape index (κ3) is 1.97.